The summed E-state index contributed by atoms with van der Waals surface area (Å²) in [6, 6.07) is 0. The number of likely N-dealkylation sites (tertiary alicyclic amines) is 1. The Hall–Kier alpha value is -0.610. The molecule has 0 spiro atoms. The van der Waals surface area contributed by atoms with Crippen LogP contribution >= 0.6 is 0 Å². The molecule has 0 aliphatic carbocycles. The van der Waals surface area contributed by atoms with Crippen LogP contribution in [0.5, 0.6) is 0 Å². The van der Waals surface area contributed by atoms with Gasteiger partial charge in [-0.25, -0.2) is 0 Å². The average molecular weight is 198 g/mol. The molecule has 0 bridgehead atoms. The maximum Gasteiger partial charge on any atom is 0.311 e. The summed E-state index contributed by atoms with van der Waals surface area (Å²) in [5.74, 6) is 0.700. The number of hydrogen-bond donors (Lipinski definition) is 1. The second kappa shape index (κ2) is 4.28. The summed E-state index contributed by atoms with van der Waals surface area (Å²) < 4.78 is 5.24. The summed E-state index contributed by atoms with van der Waals surface area (Å²) in [5.41, 5.74) is 0. The smallest absolute Gasteiger partial charge is 0.311 e. The highest BCUT2D eigenvalue weighted by molar-refractivity contribution is 5.74. The van der Waals surface area contributed by atoms with Crippen LogP contribution in [0.2, 0.25) is 0 Å². The lowest BCUT2D eigenvalue weighted by Crippen LogP contribution is -2.51. The van der Waals surface area contributed by atoms with E-state index in [9.17, 15) is 4.79 Å². The quantitative estimate of drug-likeness (QED) is 0.630. The first kappa shape index (κ1) is 9.93. The van der Waals surface area contributed by atoms with Crippen molar-refractivity contribution in [3.05, 3.63) is 0 Å². The molecule has 2 aliphatic heterocycles. The monoisotopic (exact) mass is 198 g/mol. The molecule has 2 aliphatic rings. The van der Waals surface area contributed by atoms with Gasteiger partial charge >= 0.3 is 5.97 Å². The molecule has 0 saturated carbocycles. The van der Waals surface area contributed by atoms with E-state index in [1.54, 1.807) is 0 Å². The molecule has 80 valence electrons. The summed E-state index contributed by atoms with van der Waals surface area (Å²) in [5, 5.41) is 3.16. The summed E-state index contributed by atoms with van der Waals surface area (Å²) in [4.78, 5) is 13.7. The van der Waals surface area contributed by atoms with E-state index in [1.165, 1.54) is 0 Å². The lowest BCUT2D eigenvalue weighted by Gasteiger charge is -2.37. The number of ether oxygens (including phenoxy) is 1. The molecule has 0 aromatic heterocycles. The summed E-state index contributed by atoms with van der Waals surface area (Å²) >= 11 is 0. The van der Waals surface area contributed by atoms with Gasteiger partial charge < -0.3 is 15.0 Å². The van der Waals surface area contributed by atoms with Crippen LogP contribution in [0.25, 0.3) is 0 Å². The third-order valence-corrected chi connectivity index (χ3v) is 3.07. The van der Waals surface area contributed by atoms with Crippen molar-refractivity contribution in [3.8, 4) is 0 Å². The molecule has 2 saturated heterocycles. The third-order valence-electron chi connectivity index (χ3n) is 3.07. The standard InChI is InChI=1S/C10H18N2O2/c1-2-12-5-9(6-12)10(13)14-7-8-3-11-4-8/h8-9,11H,2-7H2,1H3. The van der Waals surface area contributed by atoms with Crippen LogP contribution in [0.4, 0.5) is 0 Å². The van der Waals surface area contributed by atoms with E-state index >= 15 is 0 Å². The number of carbonyl (C=O) groups is 1. The van der Waals surface area contributed by atoms with E-state index in [2.05, 4.69) is 17.1 Å². The fourth-order valence-electron chi connectivity index (χ4n) is 1.76. The normalized spacial score (nSPS) is 24.1. The fourth-order valence-corrected chi connectivity index (χ4v) is 1.76. The molecule has 4 nitrogen and oxygen atoms in total. The Kier molecular flexibility index (Phi) is 3.03. The number of esters is 1. The number of hydrogen-bond acceptors (Lipinski definition) is 4. The Labute approximate surface area is 84.6 Å². The molecule has 4 heteroatoms. The van der Waals surface area contributed by atoms with Gasteiger partial charge in [0.1, 0.15) is 0 Å². The van der Waals surface area contributed by atoms with Crippen LogP contribution in [-0.4, -0.2) is 50.2 Å². The molecular formula is C10H18N2O2. The summed E-state index contributed by atoms with van der Waals surface area (Å²) in [6.07, 6.45) is 0. The molecule has 14 heavy (non-hydrogen) atoms. The number of nitrogens with zero attached hydrogens (tertiary/aromatic N) is 1. The van der Waals surface area contributed by atoms with Crippen LogP contribution in [0, 0.1) is 11.8 Å². The van der Waals surface area contributed by atoms with Crippen molar-refractivity contribution < 1.29 is 9.53 Å². The predicted octanol–water partition coefficient (Wildman–Crippen LogP) is -0.299. The molecule has 2 heterocycles. The SMILES string of the molecule is CCN1CC(C(=O)OCC2CNC2)C1. The van der Waals surface area contributed by atoms with Crippen molar-refractivity contribution in [2.24, 2.45) is 11.8 Å². The minimum Gasteiger partial charge on any atom is -0.465 e. The molecule has 2 fully saturated rings. The maximum absolute atomic E-state index is 11.5. The highest BCUT2D eigenvalue weighted by Gasteiger charge is 2.33. The lowest BCUT2D eigenvalue weighted by molar-refractivity contribution is -0.156. The Balaban J connectivity index is 1.59. The Morgan fingerprint density at radius 1 is 1.50 bits per heavy atom. The van der Waals surface area contributed by atoms with Gasteiger partial charge in [-0.15, -0.1) is 0 Å². The Bertz CT molecular complexity index is 210. The Morgan fingerprint density at radius 3 is 2.71 bits per heavy atom. The highest BCUT2D eigenvalue weighted by atomic mass is 16.5. The molecule has 0 aromatic rings. The van der Waals surface area contributed by atoms with Gasteiger partial charge in [-0.3, -0.25) is 4.79 Å². The van der Waals surface area contributed by atoms with Crippen LogP contribution in [0.3, 0.4) is 0 Å². The average Bonchev–Trinajstić information content (AvgIpc) is 1.99. The van der Waals surface area contributed by atoms with Gasteiger partial charge in [0.15, 0.2) is 0 Å². The summed E-state index contributed by atoms with van der Waals surface area (Å²) in [7, 11) is 0. The molecule has 0 aromatic carbocycles. The predicted molar refractivity (Wildman–Crippen MR) is 52.9 cm³/mol. The Morgan fingerprint density at radius 2 is 2.21 bits per heavy atom. The fraction of sp³-hybridized carbons (Fsp3) is 0.900. The van der Waals surface area contributed by atoms with E-state index in [4.69, 9.17) is 4.74 Å². The minimum atomic E-state index is 0.00148. The third kappa shape index (κ3) is 2.07. The van der Waals surface area contributed by atoms with Crippen molar-refractivity contribution >= 4 is 5.97 Å². The second-order valence-corrected chi connectivity index (χ2v) is 4.20. The molecule has 1 N–H and O–H groups in total. The zero-order valence-corrected chi connectivity index (χ0v) is 8.66. The van der Waals surface area contributed by atoms with E-state index in [0.29, 0.717) is 12.5 Å². The van der Waals surface area contributed by atoms with Crippen LogP contribution < -0.4 is 5.32 Å². The van der Waals surface area contributed by atoms with E-state index < -0.39 is 0 Å². The first-order valence-electron chi connectivity index (χ1n) is 5.39. The van der Waals surface area contributed by atoms with Crippen LogP contribution in [0.15, 0.2) is 0 Å². The maximum atomic E-state index is 11.5. The van der Waals surface area contributed by atoms with Gasteiger partial charge in [-0.2, -0.15) is 0 Å². The van der Waals surface area contributed by atoms with E-state index in [1.807, 2.05) is 0 Å². The first-order chi connectivity index (χ1) is 6.79. The molecule has 0 unspecified atom stereocenters. The molecular weight excluding hydrogens is 180 g/mol. The zero-order valence-electron chi connectivity index (χ0n) is 8.66. The second-order valence-electron chi connectivity index (χ2n) is 4.20. The van der Waals surface area contributed by atoms with Gasteiger partial charge in [0.25, 0.3) is 0 Å². The largest absolute Gasteiger partial charge is 0.465 e. The molecule has 2 rings (SSSR count). The number of carbonyl (C=O) groups excluding carboxylic acids is 1. The first-order valence-corrected chi connectivity index (χ1v) is 5.39. The van der Waals surface area contributed by atoms with Crippen molar-refractivity contribution in [1.29, 1.82) is 0 Å². The van der Waals surface area contributed by atoms with E-state index in [0.717, 1.165) is 32.7 Å². The van der Waals surface area contributed by atoms with Crippen molar-refractivity contribution in [2.45, 2.75) is 6.92 Å². The van der Waals surface area contributed by atoms with Crippen molar-refractivity contribution in [1.82, 2.24) is 10.2 Å². The van der Waals surface area contributed by atoms with Crippen LogP contribution in [-0.2, 0) is 9.53 Å². The zero-order chi connectivity index (χ0) is 9.97. The number of nitrogens with one attached hydrogen (secondary N) is 1. The highest BCUT2D eigenvalue weighted by Crippen LogP contribution is 2.16. The van der Waals surface area contributed by atoms with Gasteiger partial charge in [0.2, 0.25) is 0 Å². The summed E-state index contributed by atoms with van der Waals surface area (Å²) in [6.45, 7) is 7.53. The molecule has 0 atom stereocenters. The van der Waals surface area contributed by atoms with Gasteiger partial charge in [0, 0.05) is 32.1 Å². The van der Waals surface area contributed by atoms with Gasteiger partial charge in [0.05, 0.1) is 12.5 Å². The van der Waals surface area contributed by atoms with E-state index in [-0.39, 0.29) is 11.9 Å². The van der Waals surface area contributed by atoms with Gasteiger partial charge in [-0.05, 0) is 6.54 Å². The topological polar surface area (TPSA) is 41.6 Å². The van der Waals surface area contributed by atoms with Crippen molar-refractivity contribution in [2.75, 3.05) is 39.3 Å². The lowest BCUT2D eigenvalue weighted by atomic mass is 10.0. The molecule has 0 amide bonds. The molecule has 0 radical (unpaired) electrons. The van der Waals surface area contributed by atoms with Crippen LogP contribution in [0.1, 0.15) is 6.92 Å². The minimum absolute atomic E-state index is 0.00148. The van der Waals surface area contributed by atoms with Gasteiger partial charge in [-0.1, -0.05) is 6.92 Å². The van der Waals surface area contributed by atoms with Crippen molar-refractivity contribution in [3.63, 3.8) is 0 Å². The number of rotatable bonds is 4.